The summed E-state index contributed by atoms with van der Waals surface area (Å²) in [5, 5.41) is 5.88. The average Bonchev–Trinajstić information content (AvgIpc) is 3.11. The highest BCUT2D eigenvalue weighted by molar-refractivity contribution is 7.13. The average molecular weight is 366 g/mol. The summed E-state index contributed by atoms with van der Waals surface area (Å²) in [5.74, 6) is 0.811. The molecule has 1 amide bonds. The third-order valence-corrected chi connectivity index (χ3v) is 4.84. The molecular formula is C21H22N2O2S. The van der Waals surface area contributed by atoms with Gasteiger partial charge in [0.05, 0.1) is 18.4 Å². The van der Waals surface area contributed by atoms with Gasteiger partial charge >= 0.3 is 0 Å². The van der Waals surface area contributed by atoms with Crippen LogP contribution in [0.4, 0.5) is 5.69 Å². The van der Waals surface area contributed by atoms with Crippen LogP contribution in [0.5, 0.6) is 5.75 Å². The minimum atomic E-state index is -0.419. The first-order valence-corrected chi connectivity index (χ1v) is 9.27. The molecule has 2 aromatic carbocycles. The third kappa shape index (κ3) is 3.94. The highest BCUT2D eigenvalue weighted by Gasteiger charge is 2.21. The van der Waals surface area contributed by atoms with E-state index in [2.05, 4.69) is 5.32 Å². The van der Waals surface area contributed by atoms with Crippen LogP contribution < -0.4 is 10.1 Å². The van der Waals surface area contributed by atoms with Gasteiger partial charge in [0.2, 0.25) is 5.91 Å². The summed E-state index contributed by atoms with van der Waals surface area (Å²) >= 11 is 1.58. The van der Waals surface area contributed by atoms with Crippen LogP contribution in [-0.2, 0) is 4.79 Å². The molecule has 5 heteroatoms. The Balaban J connectivity index is 1.81. The molecule has 3 aromatic rings. The number of amides is 1. The van der Waals surface area contributed by atoms with Crippen LogP contribution in [0.1, 0.15) is 20.8 Å². The highest BCUT2D eigenvalue weighted by atomic mass is 32.1. The van der Waals surface area contributed by atoms with Gasteiger partial charge in [-0.25, -0.2) is 4.98 Å². The summed E-state index contributed by atoms with van der Waals surface area (Å²) in [5.41, 5.74) is 3.27. The number of nitrogens with zero attached hydrogens (tertiary/aromatic N) is 1. The van der Waals surface area contributed by atoms with Crippen LogP contribution in [0.3, 0.4) is 0 Å². The zero-order valence-corrected chi connectivity index (χ0v) is 16.2. The quantitative estimate of drug-likeness (QED) is 0.666. The lowest BCUT2D eigenvalue weighted by atomic mass is 9.95. The number of nitrogens with one attached hydrogen (secondary N) is 1. The first kappa shape index (κ1) is 18.1. The SMILES string of the molecule is COc1ccccc1-c1nc(-c2ccc(NC(=O)C(C)(C)C)cc2)cs1. The Hall–Kier alpha value is -2.66. The maximum Gasteiger partial charge on any atom is 0.229 e. The van der Waals surface area contributed by atoms with Crippen LogP contribution in [0.25, 0.3) is 21.8 Å². The Morgan fingerprint density at radius 2 is 1.77 bits per heavy atom. The predicted octanol–water partition coefficient (Wildman–Crippen LogP) is 5.47. The first-order valence-electron chi connectivity index (χ1n) is 8.39. The zero-order chi connectivity index (χ0) is 18.7. The summed E-state index contributed by atoms with van der Waals surface area (Å²) in [6, 6.07) is 15.6. The van der Waals surface area contributed by atoms with Gasteiger partial charge in [-0.2, -0.15) is 0 Å². The molecule has 0 fully saturated rings. The highest BCUT2D eigenvalue weighted by Crippen LogP contribution is 2.34. The van der Waals surface area contributed by atoms with Crippen molar-refractivity contribution in [1.29, 1.82) is 0 Å². The molecule has 0 saturated carbocycles. The Morgan fingerprint density at radius 3 is 2.42 bits per heavy atom. The fourth-order valence-corrected chi connectivity index (χ4v) is 3.25. The molecule has 0 aliphatic heterocycles. The number of benzene rings is 2. The van der Waals surface area contributed by atoms with Crippen LogP contribution in [0.15, 0.2) is 53.9 Å². The van der Waals surface area contributed by atoms with Crippen molar-refractivity contribution < 1.29 is 9.53 Å². The first-order chi connectivity index (χ1) is 12.4. The van der Waals surface area contributed by atoms with Crippen molar-refractivity contribution >= 4 is 22.9 Å². The van der Waals surface area contributed by atoms with Gasteiger partial charge in [-0.1, -0.05) is 45.0 Å². The molecule has 0 spiro atoms. The van der Waals surface area contributed by atoms with Crippen LogP contribution >= 0.6 is 11.3 Å². The van der Waals surface area contributed by atoms with E-state index >= 15 is 0 Å². The van der Waals surface area contributed by atoms with Crippen molar-refractivity contribution in [3.05, 3.63) is 53.9 Å². The second-order valence-electron chi connectivity index (χ2n) is 7.02. The standard InChI is InChI=1S/C21H22N2O2S/c1-21(2,3)20(24)22-15-11-9-14(10-12-15)17-13-26-19(23-17)16-7-5-6-8-18(16)25-4/h5-13H,1-4H3,(H,22,24). The smallest absolute Gasteiger partial charge is 0.229 e. The van der Waals surface area contributed by atoms with Crippen LogP contribution in [-0.4, -0.2) is 18.0 Å². The van der Waals surface area contributed by atoms with Gasteiger partial charge in [-0.15, -0.1) is 11.3 Å². The number of rotatable bonds is 4. The summed E-state index contributed by atoms with van der Waals surface area (Å²) in [4.78, 5) is 16.8. The maximum atomic E-state index is 12.1. The fourth-order valence-electron chi connectivity index (χ4n) is 2.39. The molecule has 1 aromatic heterocycles. The number of anilines is 1. The van der Waals surface area contributed by atoms with Crippen molar-refractivity contribution in [1.82, 2.24) is 4.98 Å². The Kier molecular flexibility index (Phi) is 5.09. The lowest BCUT2D eigenvalue weighted by Crippen LogP contribution is -2.27. The van der Waals surface area contributed by atoms with Gasteiger partial charge in [0.1, 0.15) is 10.8 Å². The number of carbonyl (C=O) groups is 1. The van der Waals surface area contributed by atoms with Crippen molar-refractivity contribution in [2.45, 2.75) is 20.8 Å². The van der Waals surface area contributed by atoms with E-state index in [0.717, 1.165) is 33.3 Å². The van der Waals surface area contributed by atoms with Gasteiger partial charge in [0, 0.05) is 22.0 Å². The van der Waals surface area contributed by atoms with Gasteiger partial charge in [-0.05, 0) is 24.3 Å². The normalized spacial score (nSPS) is 11.2. The number of ether oxygens (including phenoxy) is 1. The lowest BCUT2D eigenvalue weighted by Gasteiger charge is -2.17. The minimum Gasteiger partial charge on any atom is -0.496 e. The van der Waals surface area contributed by atoms with E-state index in [1.54, 1.807) is 18.4 Å². The molecule has 26 heavy (non-hydrogen) atoms. The molecule has 134 valence electrons. The third-order valence-electron chi connectivity index (χ3n) is 3.96. The van der Waals surface area contributed by atoms with Crippen molar-refractivity contribution in [2.24, 2.45) is 5.41 Å². The van der Waals surface area contributed by atoms with Gasteiger partial charge < -0.3 is 10.1 Å². The monoisotopic (exact) mass is 366 g/mol. The van der Waals surface area contributed by atoms with Gasteiger partial charge in [0.25, 0.3) is 0 Å². The molecule has 0 unspecified atom stereocenters. The second-order valence-corrected chi connectivity index (χ2v) is 7.88. The molecule has 0 bridgehead atoms. The van der Waals surface area contributed by atoms with Crippen molar-refractivity contribution in [3.8, 4) is 27.6 Å². The second kappa shape index (κ2) is 7.30. The molecule has 0 saturated heterocycles. The number of aromatic nitrogens is 1. The van der Waals surface area contributed by atoms with E-state index < -0.39 is 5.41 Å². The molecule has 0 aliphatic rings. The Bertz CT molecular complexity index is 908. The van der Waals surface area contributed by atoms with Crippen LogP contribution in [0, 0.1) is 5.41 Å². The van der Waals surface area contributed by atoms with E-state index in [0.29, 0.717) is 0 Å². The van der Waals surface area contributed by atoms with E-state index in [9.17, 15) is 4.79 Å². The molecule has 1 heterocycles. The Morgan fingerprint density at radius 1 is 1.08 bits per heavy atom. The number of hydrogen-bond acceptors (Lipinski definition) is 4. The van der Waals surface area contributed by atoms with E-state index in [4.69, 9.17) is 9.72 Å². The number of hydrogen-bond donors (Lipinski definition) is 1. The largest absolute Gasteiger partial charge is 0.496 e. The molecule has 1 N–H and O–H groups in total. The molecule has 0 radical (unpaired) electrons. The van der Waals surface area contributed by atoms with E-state index in [-0.39, 0.29) is 5.91 Å². The minimum absolute atomic E-state index is 0.00244. The predicted molar refractivity (Wildman–Crippen MR) is 108 cm³/mol. The molecule has 4 nitrogen and oxygen atoms in total. The lowest BCUT2D eigenvalue weighted by molar-refractivity contribution is -0.123. The number of methoxy groups -OCH3 is 1. The number of thiazole rings is 1. The van der Waals surface area contributed by atoms with Gasteiger partial charge in [-0.3, -0.25) is 4.79 Å². The van der Waals surface area contributed by atoms with E-state index in [1.807, 2.05) is 74.7 Å². The van der Waals surface area contributed by atoms with Crippen molar-refractivity contribution in [3.63, 3.8) is 0 Å². The van der Waals surface area contributed by atoms with E-state index in [1.165, 1.54) is 0 Å². The summed E-state index contributed by atoms with van der Waals surface area (Å²) in [7, 11) is 1.66. The Labute approximate surface area is 157 Å². The summed E-state index contributed by atoms with van der Waals surface area (Å²) in [6.07, 6.45) is 0. The number of carbonyl (C=O) groups excluding carboxylic acids is 1. The fraction of sp³-hybridized carbons (Fsp3) is 0.238. The molecule has 0 atom stereocenters. The molecule has 3 rings (SSSR count). The molecular weight excluding hydrogens is 344 g/mol. The zero-order valence-electron chi connectivity index (χ0n) is 15.4. The summed E-state index contributed by atoms with van der Waals surface area (Å²) in [6.45, 7) is 5.68. The van der Waals surface area contributed by atoms with Crippen molar-refractivity contribution in [2.75, 3.05) is 12.4 Å². The van der Waals surface area contributed by atoms with Gasteiger partial charge in [0.15, 0.2) is 0 Å². The van der Waals surface area contributed by atoms with Crippen LogP contribution in [0.2, 0.25) is 0 Å². The topological polar surface area (TPSA) is 51.2 Å². The number of para-hydroxylation sites is 1. The molecule has 0 aliphatic carbocycles. The maximum absolute atomic E-state index is 12.1. The summed E-state index contributed by atoms with van der Waals surface area (Å²) < 4.78 is 5.42.